The zero-order chi connectivity index (χ0) is 14.6. The number of nitrogens with one attached hydrogen (secondary N) is 1. The summed E-state index contributed by atoms with van der Waals surface area (Å²) in [6.45, 7) is 2.74. The lowest BCUT2D eigenvalue weighted by Gasteiger charge is -2.04. The number of carbonyl (C=O) groups is 1. The van der Waals surface area contributed by atoms with E-state index in [9.17, 15) is 4.79 Å². The van der Waals surface area contributed by atoms with Crippen LogP contribution in [0, 0.1) is 11.8 Å². The Kier molecular flexibility index (Phi) is 8.77. The highest BCUT2D eigenvalue weighted by molar-refractivity contribution is 7.12. The van der Waals surface area contributed by atoms with E-state index in [-0.39, 0.29) is 12.5 Å². The first-order chi connectivity index (χ1) is 9.79. The van der Waals surface area contributed by atoms with Gasteiger partial charge < -0.3 is 10.4 Å². The third kappa shape index (κ3) is 6.23. The van der Waals surface area contributed by atoms with Crippen molar-refractivity contribution < 1.29 is 9.90 Å². The molecule has 0 aliphatic rings. The van der Waals surface area contributed by atoms with Crippen molar-refractivity contribution in [1.82, 2.24) is 5.32 Å². The van der Waals surface area contributed by atoms with Gasteiger partial charge in [0.15, 0.2) is 0 Å². The van der Waals surface area contributed by atoms with Crippen LogP contribution in [0.5, 0.6) is 0 Å². The maximum atomic E-state index is 12.0. The zero-order valence-corrected chi connectivity index (χ0v) is 12.9. The predicted molar refractivity (Wildman–Crippen MR) is 84.0 cm³/mol. The Morgan fingerprint density at radius 2 is 2.05 bits per heavy atom. The van der Waals surface area contributed by atoms with Gasteiger partial charge in [-0.05, 0) is 17.9 Å². The molecule has 0 atom stereocenters. The summed E-state index contributed by atoms with van der Waals surface area (Å²) < 4.78 is 0. The second kappa shape index (κ2) is 10.5. The molecule has 0 fully saturated rings. The molecule has 0 aliphatic heterocycles. The molecule has 1 rings (SSSR count). The number of thiophene rings is 1. The molecule has 0 unspecified atom stereocenters. The quantitative estimate of drug-likeness (QED) is 0.571. The lowest BCUT2D eigenvalue weighted by molar-refractivity contribution is 0.0957. The second-order valence-corrected chi connectivity index (χ2v) is 5.56. The molecule has 0 aromatic carbocycles. The molecule has 0 saturated carbocycles. The first kappa shape index (κ1) is 16.7. The van der Waals surface area contributed by atoms with Crippen LogP contribution in [-0.2, 0) is 0 Å². The molecule has 1 aromatic heterocycles. The van der Waals surface area contributed by atoms with Crippen LogP contribution in [0.4, 0.5) is 0 Å². The van der Waals surface area contributed by atoms with Crippen LogP contribution >= 0.6 is 11.3 Å². The van der Waals surface area contributed by atoms with E-state index in [0.29, 0.717) is 10.4 Å². The molecule has 0 bridgehead atoms. The van der Waals surface area contributed by atoms with Crippen molar-refractivity contribution in [3.63, 3.8) is 0 Å². The maximum absolute atomic E-state index is 12.0. The van der Waals surface area contributed by atoms with E-state index < -0.39 is 0 Å². The zero-order valence-electron chi connectivity index (χ0n) is 12.1. The Labute approximate surface area is 125 Å². The number of rotatable bonds is 8. The third-order valence-electron chi connectivity index (χ3n) is 2.99. The van der Waals surface area contributed by atoms with Crippen LogP contribution < -0.4 is 5.32 Å². The van der Waals surface area contributed by atoms with Gasteiger partial charge in [-0.25, -0.2) is 0 Å². The lowest BCUT2D eigenvalue weighted by Crippen LogP contribution is -2.24. The van der Waals surface area contributed by atoms with Crippen LogP contribution in [0.3, 0.4) is 0 Å². The van der Waals surface area contributed by atoms with Gasteiger partial charge in [-0.15, -0.1) is 11.3 Å². The summed E-state index contributed by atoms with van der Waals surface area (Å²) >= 11 is 1.39. The first-order valence-electron chi connectivity index (χ1n) is 7.25. The Balaban J connectivity index is 2.27. The normalized spacial score (nSPS) is 9.90. The molecular weight excluding hydrogens is 270 g/mol. The van der Waals surface area contributed by atoms with Crippen molar-refractivity contribution in [1.29, 1.82) is 0 Å². The molecule has 0 radical (unpaired) electrons. The van der Waals surface area contributed by atoms with Gasteiger partial charge in [0.2, 0.25) is 0 Å². The van der Waals surface area contributed by atoms with Gasteiger partial charge in [0.05, 0.1) is 0 Å². The summed E-state index contributed by atoms with van der Waals surface area (Å²) in [4.78, 5) is 12.6. The highest BCUT2D eigenvalue weighted by Crippen LogP contribution is 2.15. The number of aliphatic hydroxyl groups is 1. The molecule has 1 heterocycles. The molecule has 1 aromatic rings. The van der Waals surface area contributed by atoms with Crippen LogP contribution in [0.1, 0.15) is 60.7 Å². The smallest absolute Gasteiger partial charge is 0.262 e. The van der Waals surface area contributed by atoms with Gasteiger partial charge in [-0.2, -0.15) is 0 Å². The lowest BCUT2D eigenvalue weighted by atomic mass is 10.1. The van der Waals surface area contributed by atoms with Crippen LogP contribution in [-0.4, -0.2) is 24.2 Å². The van der Waals surface area contributed by atoms with E-state index in [1.165, 1.54) is 43.4 Å². The average molecular weight is 293 g/mol. The van der Waals surface area contributed by atoms with Gasteiger partial charge >= 0.3 is 0 Å². The topological polar surface area (TPSA) is 49.3 Å². The number of aliphatic hydroxyl groups excluding tert-OH is 1. The highest BCUT2D eigenvalue weighted by Gasteiger charge is 2.10. The Bertz CT molecular complexity index is 457. The Hall–Kier alpha value is -1.31. The van der Waals surface area contributed by atoms with Crippen molar-refractivity contribution >= 4 is 17.2 Å². The molecule has 3 nitrogen and oxygen atoms in total. The van der Waals surface area contributed by atoms with Crippen LogP contribution in [0.25, 0.3) is 0 Å². The fraction of sp³-hybridized carbons (Fsp3) is 0.562. The molecule has 1 amide bonds. The molecule has 110 valence electrons. The van der Waals surface area contributed by atoms with Gasteiger partial charge in [0.25, 0.3) is 5.91 Å². The molecular formula is C16H23NO2S. The molecule has 2 N–H and O–H groups in total. The number of hydrogen-bond donors (Lipinski definition) is 2. The van der Waals surface area contributed by atoms with E-state index >= 15 is 0 Å². The molecule has 4 heteroatoms. The molecule has 0 spiro atoms. The standard InChI is InChI=1S/C16H23NO2S/c1-2-3-4-5-6-7-11-17-16(19)15-14(9-8-12-18)10-13-20-15/h10,13,18H,2-7,11-12H2,1H3,(H,17,19). The monoisotopic (exact) mass is 293 g/mol. The summed E-state index contributed by atoms with van der Waals surface area (Å²) in [7, 11) is 0. The fourth-order valence-corrected chi connectivity index (χ4v) is 2.67. The van der Waals surface area contributed by atoms with Crippen LogP contribution in [0.2, 0.25) is 0 Å². The summed E-state index contributed by atoms with van der Waals surface area (Å²) in [6, 6.07) is 1.81. The minimum Gasteiger partial charge on any atom is -0.384 e. The Morgan fingerprint density at radius 3 is 2.80 bits per heavy atom. The number of hydrogen-bond acceptors (Lipinski definition) is 3. The molecule has 0 aliphatic carbocycles. The largest absolute Gasteiger partial charge is 0.384 e. The molecule has 0 saturated heterocycles. The highest BCUT2D eigenvalue weighted by atomic mass is 32.1. The van der Waals surface area contributed by atoms with Gasteiger partial charge in [0.1, 0.15) is 11.5 Å². The van der Waals surface area contributed by atoms with Crippen LogP contribution in [0.15, 0.2) is 11.4 Å². The number of amides is 1. The van der Waals surface area contributed by atoms with Crippen molar-refractivity contribution in [2.24, 2.45) is 0 Å². The van der Waals surface area contributed by atoms with Gasteiger partial charge in [0, 0.05) is 12.1 Å². The SMILES string of the molecule is CCCCCCCCNC(=O)c1sccc1C#CCO. The summed E-state index contributed by atoms with van der Waals surface area (Å²) in [5.74, 6) is 5.31. The maximum Gasteiger partial charge on any atom is 0.262 e. The Morgan fingerprint density at radius 1 is 1.30 bits per heavy atom. The van der Waals surface area contributed by atoms with Gasteiger partial charge in [-0.3, -0.25) is 4.79 Å². The number of unbranched alkanes of at least 4 members (excludes halogenated alkanes) is 5. The summed E-state index contributed by atoms with van der Waals surface area (Å²) in [5, 5.41) is 13.5. The van der Waals surface area contributed by atoms with E-state index in [1.807, 2.05) is 11.4 Å². The van der Waals surface area contributed by atoms with E-state index in [0.717, 1.165) is 13.0 Å². The minimum absolute atomic E-state index is 0.0594. The van der Waals surface area contributed by atoms with Crippen molar-refractivity contribution in [2.45, 2.75) is 45.4 Å². The van der Waals surface area contributed by atoms with E-state index in [4.69, 9.17) is 5.11 Å². The van der Waals surface area contributed by atoms with Crippen molar-refractivity contribution in [3.05, 3.63) is 21.9 Å². The van der Waals surface area contributed by atoms with Crippen molar-refractivity contribution in [2.75, 3.05) is 13.2 Å². The minimum atomic E-state index is -0.186. The van der Waals surface area contributed by atoms with E-state index in [2.05, 4.69) is 24.1 Å². The fourth-order valence-electron chi connectivity index (χ4n) is 1.91. The summed E-state index contributed by atoms with van der Waals surface area (Å²) in [6.07, 6.45) is 7.29. The van der Waals surface area contributed by atoms with E-state index in [1.54, 1.807) is 0 Å². The second-order valence-electron chi connectivity index (χ2n) is 4.65. The first-order valence-corrected chi connectivity index (χ1v) is 8.13. The molecule has 20 heavy (non-hydrogen) atoms. The predicted octanol–water partition coefficient (Wildman–Crippen LogP) is 3.18. The summed E-state index contributed by atoms with van der Waals surface area (Å²) in [5.41, 5.74) is 0.699. The van der Waals surface area contributed by atoms with Crippen molar-refractivity contribution in [3.8, 4) is 11.8 Å². The number of carbonyl (C=O) groups excluding carboxylic acids is 1. The van der Waals surface area contributed by atoms with Gasteiger partial charge in [-0.1, -0.05) is 50.9 Å². The average Bonchev–Trinajstić information content (AvgIpc) is 2.92. The third-order valence-corrected chi connectivity index (χ3v) is 3.90.